The second kappa shape index (κ2) is 5.78. The lowest BCUT2D eigenvalue weighted by Crippen LogP contribution is -2.02. The van der Waals surface area contributed by atoms with Crippen LogP contribution in [0.4, 0.5) is 0 Å². The fourth-order valence-electron chi connectivity index (χ4n) is 1.34. The Morgan fingerprint density at radius 1 is 0.895 bits per heavy atom. The fraction of sp³-hybridized carbons (Fsp3) is 0.0769. The highest BCUT2D eigenvalue weighted by molar-refractivity contribution is 7.49. The Bertz CT molecular complexity index is 567. The zero-order valence-electron chi connectivity index (χ0n) is 10.2. The highest BCUT2D eigenvalue weighted by atomic mass is 31.2. The largest absolute Gasteiger partial charge is 0.587 e. The molecular weight excluding hydrogens is 267 g/mol. The Morgan fingerprint density at radius 3 is 1.95 bits per heavy atom. The van der Waals surface area contributed by atoms with Crippen molar-refractivity contribution in [3.05, 3.63) is 54.6 Å². The molecule has 0 fully saturated rings. The van der Waals surface area contributed by atoms with Crippen LogP contribution in [0.3, 0.4) is 0 Å². The van der Waals surface area contributed by atoms with Gasteiger partial charge < -0.3 is 14.2 Å². The van der Waals surface area contributed by atoms with E-state index in [1.54, 1.807) is 24.3 Å². The van der Waals surface area contributed by atoms with Gasteiger partial charge in [-0.25, -0.2) is 4.57 Å². The highest BCUT2D eigenvalue weighted by Gasteiger charge is 2.28. The minimum atomic E-state index is -3.74. The van der Waals surface area contributed by atoms with Gasteiger partial charge in [-0.3, -0.25) is 4.52 Å². The Morgan fingerprint density at radius 2 is 1.42 bits per heavy atom. The zero-order valence-corrected chi connectivity index (χ0v) is 11.1. The van der Waals surface area contributed by atoms with Crippen LogP contribution in [0.15, 0.2) is 54.6 Å². The minimum absolute atomic E-state index is 0.0866. The summed E-state index contributed by atoms with van der Waals surface area (Å²) >= 11 is 0. The Hall–Kier alpha value is -1.97. The first-order chi connectivity index (χ1) is 9.11. The molecule has 0 amide bonds. The predicted molar refractivity (Wildman–Crippen MR) is 70.4 cm³/mol. The van der Waals surface area contributed by atoms with E-state index in [2.05, 4.69) is 0 Å². The first kappa shape index (κ1) is 13.5. The van der Waals surface area contributed by atoms with E-state index in [4.69, 9.17) is 18.7 Å². The lowest BCUT2D eigenvalue weighted by molar-refractivity contribution is 0.250. The smallest absolute Gasteiger partial charge is 0.508 e. The van der Waals surface area contributed by atoms with Crippen LogP contribution in [0.2, 0.25) is 0 Å². The fourth-order valence-corrected chi connectivity index (χ4v) is 2.29. The molecule has 0 saturated heterocycles. The van der Waals surface area contributed by atoms with Gasteiger partial charge in [0.25, 0.3) is 0 Å². The molecule has 0 saturated carbocycles. The van der Waals surface area contributed by atoms with Crippen LogP contribution in [0.5, 0.6) is 17.2 Å². The van der Waals surface area contributed by atoms with Crippen LogP contribution in [-0.4, -0.2) is 12.2 Å². The molecule has 1 N–H and O–H groups in total. The molecule has 6 heteroatoms. The van der Waals surface area contributed by atoms with E-state index in [9.17, 15) is 4.57 Å². The Kier molecular flexibility index (Phi) is 4.10. The van der Waals surface area contributed by atoms with Crippen molar-refractivity contribution in [2.75, 3.05) is 7.11 Å². The third-order valence-corrected chi connectivity index (χ3v) is 3.55. The molecule has 0 heterocycles. The van der Waals surface area contributed by atoms with Gasteiger partial charge in [-0.15, -0.1) is 0 Å². The quantitative estimate of drug-likeness (QED) is 0.847. The molecule has 0 aliphatic heterocycles. The topological polar surface area (TPSA) is 65.0 Å². The van der Waals surface area contributed by atoms with Crippen molar-refractivity contribution in [3.63, 3.8) is 0 Å². The molecule has 2 aromatic carbocycles. The Labute approximate surface area is 111 Å². The van der Waals surface area contributed by atoms with Crippen LogP contribution >= 0.6 is 7.82 Å². The van der Waals surface area contributed by atoms with Crippen molar-refractivity contribution in [3.8, 4) is 17.2 Å². The van der Waals surface area contributed by atoms with Gasteiger partial charge in [0.2, 0.25) is 0 Å². The number of rotatable bonds is 5. The van der Waals surface area contributed by atoms with Crippen LogP contribution in [0.1, 0.15) is 0 Å². The molecule has 19 heavy (non-hydrogen) atoms. The monoisotopic (exact) mass is 280 g/mol. The van der Waals surface area contributed by atoms with Crippen LogP contribution in [-0.2, 0) is 9.09 Å². The van der Waals surface area contributed by atoms with Crippen molar-refractivity contribution >= 4 is 7.82 Å². The van der Waals surface area contributed by atoms with E-state index in [1.807, 2.05) is 6.07 Å². The zero-order chi connectivity index (χ0) is 13.7. The average molecular weight is 280 g/mol. The maximum atomic E-state index is 12.3. The summed E-state index contributed by atoms with van der Waals surface area (Å²) in [7, 11) is -2.50. The highest BCUT2D eigenvalue weighted by Crippen LogP contribution is 2.48. The number of para-hydroxylation sites is 1. The molecule has 0 spiro atoms. The summed E-state index contributed by atoms with van der Waals surface area (Å²) in [6.07, 6.45) is 0. The number of hydrogen-bond acceptors (Lipinski definition) is 5. The van der Waals surface area contributed by atoms with Crippen molar-refractivity contribution in [2.45, 2.75) is 0 Å². The molecule has 0 radical (unpaired) electrons. The van der Waals surface area contributed by atoms with Gasteiger partial charge >= 0.3 is 7.82 Å². The van der Waals surface area contributed by atoms with E-state index in [0.717, 1.165) is 0 Å². The molecule has 0 aromatic heterocycles. The first-order valence-corrected chi connectivity index (χ1v) is 6.96. The summed E-state index contributed by atoms with van der Waals surface area (Å²) in [6, 6.07) is 14.4. The summed E-state index contributed by atoms with van der Waals surface area (Å²) in [4.78, 5) is 0. The standard InChI is InChI=1S/C13H13O5P/c1-16-19(15,17-12-5-3-2-4-6-12)18-13-9-7-11(14)8-10-13/h2-10,14H,1H3. The maximum absolute atomic E-state index is 12.3. The van der Waals surface area contributed by atoms with Crippen LogP contribution < -0.4 is 9.05 Å². The van der Waals surface area contributed by atoms with E-state index in [0.29, 0.717) is 5.75 Å². The molecule has 2 rings (SSSR count). The lowest BCUT2D eigenvalue weighted by atomic mass is 10.3. The van der Waals surface area contributed by atoms with Crippen molar-refractivity contribution < 1.29 is 23.2 Å². The van der Waals surface area contributed by atoms with E-state index < -0.39 is 7.82 Å². The number of benzene rings is 2. The third-order valence-electron chi connectivity index (χ3n) is 2.24. The van der Waals surface area contributed by atoms with Gasteiger partial charge in [0.1, 0.15) is 17.2 Å². The summed E-state index contributed by atoms with van der Waals surface area (Å²) in [5.41, 5.74) is 0. The van der Waals surface area contributed by atoms with Gasteiger partial charge in [0, 0.05) is 7.11 Å². The van der Waals surface area contributed by atoms with E-state index in [1.165, 1.54) is 31.4 Å². The van der Waals surface area contributed by atoms with Crippen molar-refractivity contribution in [2.24, 2.45) is 0 Å². The number of aromatic hydroxyl groups is 1. The Balaban J connectivity index is 2.14. The van der Waals surface area contributed by atoms with Crippen molar-refractivity contribution in [1.29, 1.82) is 0 Å². The molecular formula is C13H13O5P. The summed E-state index contributed by atoms with van der Waals surface area (Å²) in [6.45, 7) is 0. The van der Waals surface area contributed by atoms with Gasteiger partial charge in [-0.1, -0.05) is 18.2 Å². The normalized spacial score (nSPS) is 13.5. The minimum Gasteiger partial charge on any atom is -0.508 e. The lowest BCUT2D eigenvalue weighted by Gasteiger charge is -2.17. The number of phenols is 1. The van der Waals surface area contributed by atoms with Gasteiger partial charge in [-0.05, 0) is 36.4 Å². The average Bonchev–Trinajstić information content (AvgIpc) is 2.42. The summed E-state index contributed by atoms with van der Waals surface area (Å²) in [5.74, 6) is 0.744. The SMILES string of the molecule is COP(=O)(Oc1ccccc1)Oc1ccc(O)cc1. The second-order valence-electron chi connectivity index (χ2n) is 3.62. The molecule has 1 atom stereocenters. The van der Waals surface area contributed by atoms with E-state index >= 15 is 0 Å². The third kappa shape index (κ3) is 3.74. The van der Waals surface area contributed by atoms with Crippen LogP contribution in [0, 0.1) is 0 Å². The van der Waals surface area contributed by atoms with Gasteiger partial charge in [0.05, 0.1) is 0 Å². The summed E-state index contributed by atoms with van der Waals surface area (Å²) in [5, 5.41) is 9.16. The second-order valence-corrected chi connectivity index (χ2v) is 5.24. The summed E-state index contributed by atoms with van der Waals surface area (Å²) < 4.78 is 27.5. The molecule has 0 aliphatic carbocycles. The first-order valence-electron chi connectivity index (χ1n) is 5.50. The number of hydrogen-bond donors (Lipinski definition) is 1. The van der Waals surface area contributed by atoms with E-state index in [-0.39, 0.29) is 11.5 Å². The predicted octanol–water partition coefficient (Wildman–Crippen LogP) is 3.60. The molecule has 1 unspecified atom stereocenters. The molecule has 0 aliphatic rings. The molecule has 2 aromatic rings. The van der Waals surface area contributed by atoms with Gasteiger partial charge in [-0.2, -0.15) is 0 Å². The van der Waals surface area contributed by atoms with Gasteiger partial charge in [0.15, 0.2) is 0 Å². The molecule has 0 bridgehead atoms. The number of phosphoric acid groups is 1. The number of phosphoric ester groups is 1. The maximum Gasteiger partial charge on any atom is 0.587 e. The molecule has 100 valence electrons. The number of phenolic OH excluding ortho intramolecular Hbond substituents is 1. The molecule has 5 nitrogen and oxygen atoms in total. The van der Waals surface area contributed by atoms with Crippen LogP contribution in [0.25, 0.3) is 0 Å². The van der Waals surface area contributed by atoms with Crippen molar-refractivity contribution in [1.82, 2.24) is 0 Å².